The van der Waals surface area contributed by atoms with Crippen molar-refractivity contribution >= 4 is 5.91 Å². The fraction of sp³-hybridized carbons (Fsp3) is 0.348. The Morgan fingerprint density at radius 1 is 1.00 bits per heavy atom. The molecule has 0 heterocycles. The molecular weight excluding hydrogens is 320 g/mol. The Kier molecular flexibility index (Phi) is 7.61. The summed E-state index contributed by atoms with van der Waals surface area (Å²) in [6.45, 7) is 11.7. The number of amides is 1. The number of carbonyl (C=O) groups is 1. The number of nitrogens with zero attached hydrogens (tertiary/aromatic N) is 1. The molecule has 3 heteroatoms. The summed E-state index contributed by atoms with van der Waals surface area (Å²) in [6, 6.07) is 20.0. The van der Waals surface area contributed by atoms with Gasteiger partial charge in [-0.15, -0.1) is 6.58 Å². The van der Waals surface area contributed by atoms with E-state index in [2.05, 4.69) is 30.6 Å². The van der Waals surface area contributed by atoms with Crippen molar-refractivity contribution in [2.24, 2.45) is 0 Å². The third kappa shape index (κ3) is 4.41. The molecule has 0 bridgehead atoms. The molecular formula is C23H30N2O. The van der Waals surface area contributed by atoms with Crippen LogP contribution in [0.1, 0.15) is 31.4 Å². The lowest BCUT2D eigenvalue weighted by molar-refractivity contribution is -0.125. The number of likely N-dealkylation sites (N-methyl/N-ethyl adjacent to an activating group) is 1. The third-order valence-electron chi connectivity index (χ3n) is 4.98. The number of hydrogen-bond donors (Lipinski definition) is 1. The van der Waals surface area contributed by atoms with Crippen molar-refractivity contribution in [2.45, 2.75) is 25.7 Å². The average Bonchev–Trinajstić information content (AvgIpc) is 2.70. The van der Waals surface area contributed by atoms with Crippen LogP contribution in [-0.4, -0.2) is 37.0 Å². The van der Waals surface area contributed by atoms with Crippen LogP contribution in [0, 0.1) is 0 Å². The van der Waals surface area contributed by atoms with E-state index in [1.54, 1.807) is 0 Å². The monoisotopic (exact) mass is 350 g/mol. The molecule has 1 N–H and O–H groups in total. The molecule has 0 unspecified atom stereocenters. The molecule has 26 heavy (non-hydrogen) atoms. The predicted molar refractivity (Wildman–Crippen MR) is 109 cm³/mol. The molecule has 2 aromatic carbocycles. The van der Waals surface area contributed by atoms with E-state index >= 15 is 0 Å². The van der Waals surface area contributed by atoms with Crippen LogP contribution in [0.4, 0.5) is 0 Å². The van der Waals surface area contributed by atoms with Gasteiger partial charge >= 0.3 is 0 Å². The summed E-state index contributed by atoms with van der Waals surface area (Å²) >= 11 is 0. The minimum absolute atomic E-state index is 0.0296. The van der Waals surface area contributed by atoms with E-state index in [9.17, 15) is 4.79 Å². The molecule has 1 amide bonds. The Bertz CT molecular complexity index is 638. The molecule has 2 aromatic rings. The maximum Gasteiger partial charge on any atom is 0.235 e. The summed E-state index contributed by atoms with van der Waals surface area (Å²) in [5.74, 6) is 0.0296. The first-order valence-corrected chi connectivity index (χ1v) is 9.41. The fourth-order valence-corrected chi connectivity index (χ4v) is 3.44. The maximum atomic E-state index is 13.4. The summed E-state index contributed by atoms with van der Waals surface area (Å²) in [6.07, 6.45) is 2.39. The smallest absolute Gasteiger partial charge is 0.235 e. The lowest BCUT2D eigenvalue weighted by Crippen LogP contribution is -2.47. The number of allylic oxidation sites excluding steroid dienone is 1. The number of benzene rings is 2. The Hall–Kier alpha value is -2.39. The molecule has 0 atom stereocenters. The second-order valence-electron chi connectivity index (χ2n) is 6.41. The Labute approximate surface area is 157 Å². The van der Waals surface area contributed by atoms with E-state index in [0.29, 0.717) is 13.0 Å². The van der Waals surface area contributed by atoms with Gasteiger partial charge in [0.05, 0.1) is 0 Å². The van der Waals surface area contributed by atoms with Gasteiger partial charge in [-0.3, -0.25) is 4.79 Å². The van der Waals surface area contributed by atoms with Crippen LogP contribution in [0.25, 0.3) is 0 Å². The SMILES string of the molecule is C=CCC(C(=O)NCCN(CC)CC)(c1ccccc1)c1ccccc1. The van der Waals surface area contributed by atoms with Gasteiger partial charge in [0.15, 0.2) is 0 Å². The second kappa shape index (κ2) is 9.93. The van der Waals surface area contributed by atoms with Gasteiger partial charge in [-0.25, -0.2) is 0 Å². The van der Waals surface area contributed by atoms with Gasteiger partial charge in [-0.05, 0) is 30.6 Å². The number of carbonyl (C=O) groups excluding carboxylic acids is 1. The standard InChI is InChI=1S/C23H30N2O/c1-4-17-23(20-13-9-7-10-14-20,21-15-11-8-12-16-21)22(26)24-18-19-25(5-2)6-3/h4,7-16H,1,5-6,17-19H2,2-3H3,(H,24,26). The largest absolute Gasteiger partial charge is 0.354 e. The van der Waals surface area contributed by atoms with Crippen LogP contribution < -0.4 is 5.32 Å². The minimum atomic E-state index is -0.756. The average molecular weight is 351 g/mol. The van der Waals surface area contributed by atoms with Crippen LogP contribution in [0.2, 0.25) is 0 Å². The van der Waals surface area contributed by atoms with Crippen molar-refractivity contribution in [3.8, 4) is 0 Å². The highest BCUT2D eigenvalue weighted by molar-refractivity contribution is 5.92. The summed E-state index contributed by atoms with van der Waals surface area (Å²) in [4.78, 5) is 15.7. The van der Waals surface area contributed by atoms with Crippen LogP contribution >= 0.6 is 0 Å². The van der Waals surface area contributed by atoms with Gasteiger partial charge < -0.3 is 10.2 Å². The van der Waals surface area contributed by atoms with Crippen molar-refractivity contribution in [1.29, 1.82) is 0 Å². The quantitative estimate of drug-likeness (QED) is 0.657. The van der Waals surface area contributed by atoms with E-state index in [1.807, 2.05) is 66.7 Å². The lowest BCUT2D eigenvalue weighted by atomic mass is 9.71. The number of hydrogen-bond acceptors (Lipinski definition) is 2. The molecule has 0 aromatic heterocycles. The van der Waals surface area contributed by atoms with Crippen molar-refractivity contribution in [3.05, 3.63) is 84.4 Å². The molecule has 0 aliphatic rings. The first kappa shape index (κ1) is 19.9. The third-order valence-corrected chi connectivity index (χ3v) is 4.98. The number of rotatable bonds is 10. The maximum absolute atomic E-state index is 13.4. The highest BCUT2D eigenvalue weighted by Gasteiger charge is 2.40. The zero-order chi connectivity index (χ0) is 18.8. The first-order valence-electron chi connectivity index (χ1n) is 9.41. The van der Waals surface area contributed by atoms with Crippen molar-refractivity contribution < 1.29 is 4.79 Å². The lowest BCUT2D eigenvalue weighted by Gasteiger charge is -2.33. The summed E-state index contributed by atoms with van der Waals surface area (Å²) in [7, 11) is 0. The Morgan fingerprint density at radius 2 is 1.50 bits per heavy atom. The molecule has 0 spiro atoms. The van der Waals surface area contributed by atoms with Gasteiger partial charge in [0, 0.05) is 13.1 Å². The molecule has 0 aliphatic heterocycles. The van der Waals surface area contributed by atoms with Gasteiger partial charge in [-0.2, -0.15) is 0 Å². The number of nitrogens with one attached hydrogen (secondary N) is 1. The Morgan fingerprint density at radius 3 is 1.92 bits per heavy atom. The highest BCUT2D eigenvalue weighted by atomic mass is 16.2. The molecule has 0 saturated carbocycles. The van der Waals surface area contributed by atoms with Crippen molar-refractivity contribution in [3.63, 3.8) is 0 Å². The molecule has 0 radical (unpaired) electrons. The van der Waals surface area contributed by atoms with Gasteiger partial charge in [0.1, 0.15) is 5.41 Å². The minimum Gasteiger partial charge on any atom is -0.354 e. The van der Waals surface area contributed by atoms with Gasteiger partial charge in [0.2, 0.25) is 5.91 Å². The second-order valence-corrected chi connectivity index (χ2v) is 6.41. The summed E-state index contributed by atoms with van der Waals surface area (Å²) < 4.78 is 0. The Balaban J connectivity index is 2.36. The molecule has 0 fully saturated rings. The predicted octanol–water partition coefficient (Wildman–Crippen LogP) is 4.01. The van der Waals surface area contributed by atoms with Gasteiger partial charge in [-0.1, -0.05) is 80.6 Å². The van der Waals surface area contributed by atoms with E-state index in [4.69, 9.17) is 0 Å². The van der Waals surface area contributed by atoms with Crippen molar-refractivity contribution in [1.82, 2.24) is 10.2 Å². The van der Waals surface area contributed by atoms with E-state index in [1.165, 1.54) is 0 Å². The summed E-state index contributed by atoms with van der Waals surface area (Å²) in [5, 5.41) is 3.18. The molecule has 3 nitrogen and oxygen atoms in total. The van der Waals surface area contributed by atoms with Crippen LogP contribution in [0.3, 0.4) is 0 Å². The normalized spacial score (nSPS) is 11.3. The molecule has 0 aliphatic carbocycles. The van der Waals surface area contributed by atoms with E-state index < -0.39 is 5.41 Å². The molecule has 138 valence electrons. The van der Waals surface area contributed by atoms with E-state index in [-0.39, 0.29) is 5.91 Å². The topological polar surface area (TPSA) is 32.3 Å². The van der Waals surface area contributed by atoms with Crippen molar-refractivity contribution in [2.75, 3.05) is 26.2 Å². The van der Waals surface area contributed by atoms with Gasteiger partial charge in [0.25, 0.3) is 0 Å². The zero-order valence-corrected chi connectivity index (χ0v) is 15.9. The molecule has 2 rings (SSSR count). The fourth-order valence-electron chi connectivity index (χ4n) is 3.44. The zero-order valence-electron chi connectivity index (χ0n) is 15.9. The van der Waals surface area contributed by atoms with E-state index in [0.717, 1.165) is 30.8 Å². The van der Waals surface area contributed by atoms with Crippen LogP contribution in [0.15, 0.2) is 73.3 Å². The van der Waals surface area contributed by atoms with Crippen LogP contribution in [0.5, 0.6) is 0 Å². The summed E-state index contributed by atoms with van der Waals surface area (Å²) in [5.41, 5.74) is 1.23. The molecule has 0 saturated heterocycles. The van der Waals surface area contributed by atoms with Crippen LogP contribution in [-0.2, 0) is 10.2 Å². The highest BCUT2D eigenvalue weighted by Crippen LogP contribution is 2.36. The first-order chi connectivity index (χ1) is 12.7.